The van der Waals surface area contributed by atoms with E-state index in [1.807, 2.05) is 0 Å². The molecule has 1 heterocycles. The summed E-state index contributed by atoms with van der Waals surface area (Å²) in [7, 11) is 0. The predicted molar refractivity (Wildman–Crippen MR) is 69.9 cm³/mol. The number of esters is 2. The van der Waals surface area contributed by atoms with E-state index in [1.54, 1.807) is 0 Å². The highest BCUT2D eigenvalue weighted by Gasteiger charge is 2.74. The van der Waals surface area contributed by atoms with E-state index < -0.39 is 61.1 Å². The van der Waals surface area contributed by atoms with E-state index in [9.17, 15) is 45.8 Å². The summed E-state index contributed by atoms with van der Waals surface area (Å²) < 4.78 is 92.0. The molecule has 1 aliphatic heterocycles. The van der Waals surface area contributed by atoms with Gasteiger partial charge in [-0.25, -0.2) is 4.79 Å². The lowest BCUT2D eigenvalue weighted by Gasteiger charge is -2.36. The summed E-state index contributed by atoms with van der Waals surface area (Å²) in [6.07, 6.45) is -15.8. The van der Waals surface area contributed by atoms with Crippen LogP contribution in [0.15, 0.2) is 0 Å². The number of carboxylic acids is 1. The van der Waals surface area contributed by atoms with E-state index in [1.165, 1.54) is 0 Å². The van der Waals surface area contributed by atoms with Crippen molar-refractivity contribution in [3.8, 4) is 0 Å². The van der Waals surface area contributed by atoms with E-state index >= 15 is 0 Å². The minimum atomic E-state index is -6.26. The Kier molecular flexibility index (Phi) is 4.79. The Hall–Kier alpha value is -2.05. The molecule has 5 atom stereocenters. The summed E-state index contributed by atoms with van der Waals surface area (Å²) in [5.41, 5.74) is -5.27. The molecule has 0 aromatic heterocycles. The van der Waals surface area contributed by atoms with E-state index in [0.717, 1.165) is 0 Å². The van der Waals surface area contributed by atoms with Crippen LogP contribution in [0, 0.1) is 17.8 Å². The summed E-state index contributed by atoms with van der Waals surface area (Å²) in [4.78, 5) is 33.8. The molecule has 0 radical (unpaired) electrons. The highest BCUT2D eigenvalue weighted by molar-refractivity contribution is 5.77. The number of hydrogen-bond donors (Lipinski definition) is 0. The third-order valence-corrected chi connectivity index (χ3v) is 5.40. The van der Waals surface area contributed by atoms with Crippen molar-refractivity contribution < 1.29 is 60.0 Å². The molecule has 158 valence electrons. The summed E-state index contributed by atoms with van der Waals surface area (Å²) in [6, 6.07) is 0. The highest BCUT2D eigenvalue weighted by atomic mass is 19.4. The van der Waals surface area contributed by atoms with Gasteiger partial charge in [0.05, 0.1) is 12.0 Å². The molecule has 2 aliphatic carbocycles. The van der Waals surface area contributed by atoms with Crippen molar-refractivity contribution in [1.29, 1.82) is 0 Å². The number of hydrogen-bond acceptors (Lipinski definition) is 7. The number of halogens is 6. The molecule has 5 unspecified atom stereocenters. The molecule has 3 aliphatic rings. The Morgan fingerprint density at radius 2 is 1.71 bits per heavy atom. The number of fused-ring (bicyclic) bond motifs is 1. The number of carbonyl (C=O) groups excluding carboxylic acids is 3. The fourth-order valence-electron chi connectivity index (χ4n) is 4.24. The van der Waals surface area contributed by atoms with Gasteiger partial charge in [0.25, 0.3) is 0 Å². The van der Waals surface area contributed by atoms with E-state index in [4.69, 9.17) is 9.47 Å². The van der Waals surface area contributed by atoms with Crippen molar-refractivity contribution in [1.82, 2.24) is 0 Å². The molecular weight excluding hydrogens is 406 g/mol. The van der Waals surface area contributed by atoms with Gasteiger partial charge in [-0.3, -0.25) is 4.79 Å². The van der Waals surface area contributed by atoms with Gasteiger partial charge >= 0.3 is 29.9 Å². The first-order valence-electron chi connectivity index (χ1n) is 8.14. The van der Waals surface area contributed by atoms with Gasteiger partial charge in [-0.1, -0.05) is 0 Å². The van der Waals surface area contributed by atoms with Crippen molar-refractivity contribution in [3.05, 3.63) is 0 Å². The molecule has 2 saturated carbocycles. The average molecular weight is 419 g/mol. The van der Waals surface area contributed by atoms with Crippen molar-refractivity contribution in [2.75, 3.05) is 6.61 Å². The maximum atomic E-state index is 13.0. The highest BCUT2D eigenvalue weighted by Crippen LogP contribution is 2.55. The fraction of sp³-hybridized carbons (Fsp3) is 0.800. The second-order valence-electron chi connectivity index (χ2n) is 7.02. The zero-order chi connectivity index (χ0) is 21.1. The maximum absolute atomic E-state index is 13.0. The molecule has 0 amide bonds. The van der Waals surface area contributed by atoms with Crippen LogP contribution in [0.3, 0.4) is 0 Å². The maximum Gasteiger partial charge on any atom is 0.437 e. The Morgan fingerprint density at radius 1 is 1.11 bits per heavy atom. The van der Waals surface area contributed by atoms with Crippen LogP contribution in [-0.2, 0) is 28.6 Å². The van der Waals surface area contributed by atoms with E-state index in [0.29, 0.717) is 12.8 Å². The summed E-state index contributed by atoms with van der Waals surface area (Å²) in [5.74, 6) is -5.92. The second kappa shape index (κ2) is 6.49. The first-order valence-corrected chi connectivity index (χ1v) is 8.14. The van der Waals surface area contributed by atoms with Gasteiger partial charge in [0.1, 0.15) is 12.7 Å². The Bertz CT molecular complexity index is 673. The van der Waals surface area contributed by atoms with Crippen molar-refractivity contribution >= 4 is 17.9 Å². The Balaban J connectivity index is 1.69. The predicted octanol–water partition coefficient (Wildman–Crippen LogP) is 0.500. The van der Waals surface area contributed by atoms with Gasteiger partial charge in [0, 0.05) is 18.3 Å². The molecule has 2 bridgehead atoms. The molecule has 3 fully saturated rings. The number of aliphatic carboxylic acids is 1. The van der Waals surface area contributed by atoms with Crippen LogP contribution in [-0.4, -0.2) is 54.7 Å². The van der Waals surface area contributed by atoms with Gasteiger partial charge in [-0.15, -0.1) is 0 Å². The molecule has 7 nitrogen and oxygen atoms in total. The molecule has 0 N–H and O–H groups in total. The van der Waals surface area contributed by atoms with Crippen LogP contribution in [0.5, 0.6) is 0 Å². The van der Waals surface area contributed by atoms with Crippen molar-refractivity contribution in [3.63, 3.8) is 0 Å². The zero-order valence-corrected chi connectivity index (χ0v) is 13.8. The first-order chi connectivity index (χ1) is 12.8. The molecule has 0 aromatic rings. The number of alkyl halides is 6. The summed E-state index contributed by atoms with van der Waals surface area (Å²) >= 11 is 0. The third kappa shape index (κ3) is 3.18. The van der Waals surface area contributed by atoms with Gasteiger partial charge in [-0.05, 0) is 18.8 Å². The molecule has 3 rings (SSSR count). The lowest BCUT2D eigenvalue weighted by atomic mass is 9.88. The fourth-order valence-corrected chi connectivity index (χ4v) is 4.24. The van der Waals surface area contributed by atoms with Crippen LogP contribution in [0.2, 0.25) is 0 Å². The van der Waals surface area contributed by atoms with Crippen LogP contribution < -0.4 is 5.11 Å². The van der Waals surface area contributed by atoms with Crippen LogP contribution in [0.25, 0.3) is 0 Å². The second-order valence-corrected chi connectivity index (χ2v) is 7.02. The number of ether oxygens (including phenoxy) is 3. The monoisotopic (exact) mass is 419 g/mol. The number of carboxylic acid groups (broad SMARTS) is 1. The Morgan fingerprint density at radius 3 is 2.25 bits per heavy atom. The molecule has 0 aromatic carbocycles. The van der Waals surface area contributed by atoms with Crippen molar-refractivity contribution in [2.24, 2.45) is 17.8 Å². The summed E-state index contributed by atoms with van der Waals surface area (Å²) in [5, 5.41) is 10.5. The Labute approximate surface area is 152 Å². The third-order valence-electron chi connectivity index (χ3n) is 5.40. The van der Waals surface area contributed by atoms with Gasteiger partial charge < -0.3 is 24.1 Å². The minimum Gasteiger partial charge on any atom is -0.550 e. The molecular formula is C15H13F6O7-. The topological polar surface area (TPSA) is 102 Å². The van der Waals surface area contributed by atoms with E-state index in [-0.39, 0.29) is 17.8 Å². The molecule has 28 heavy (non-hydrogen) atoms. The van der Waals surface area contributed by atoms with Gasteiger partial charge in [0.2, 0.25) is 0 Å². The summed E-state index contributed by atoms with van der Waals surface area (Å²) in [6.45, 7) is -1.30. The quantitative estimate of drug-likeness (QED) is 0.456. The van der Waals surface area contributed by atoms with Crippen molar-refractivity contribution in [2.45, 2.75) is 49.4 Å². The van der Waals surface area contributed by atoms with Crippen LogP contribution in [0.1, 0.15) is 19.3 Å². The zero-order valence-electron chi connectivity index (χ0n) is 13.8. The number of carbonyl (C=O) groups is 3. The smallest absolute Gasteiger partial charge is 0.437 e. The normalized spacial score (nSPS) is 31.8. The SMILES string of the molecule is O=C([O-])CC(OC(=O)COC1C2CC3C(=O)OC1C3C2)(C(F)(F)F)C(F)(F)F. The van der Waals surface area contributed by atoms with E-state index in [2.05, 4.69) is 4.74 Å². The first kappa shape index (κ1) is 20.7. The van der Waals surface area contributed by atoms with Gasteiger partial charge in [0.15, 0.2) is 0 Å². The van der Waals surface area contributed by atoms with Gasteiger partial charge in [-0.2, -0.15) is 26.3 Å². The molecule has 13 heteroatoms. The largest absolute Gasteiger partial charge is 0.550 e. The average Bonchev–Trinajstić information content (AvgIpc) is 3.13. The molecule has 0 spiro atoms. The minimum absolute atomic E-state index is 0.166. The van der Waals surface area contributed by atoms with Crippen LogP contribution >= 0.6 is 0 Å². The molecule has 1 saturated heterocycles. The lowest BCUT2D eigenvalue weighted by Crippen LogP contribution is -2.62. The lowest BCUT2D eigenvalue weighted by molar-refractivity contribution is -0.381. The standard InChI is InChI=1S/C15H14F6O7/c16-14(17,18)13(3-8(22)23,15(19,20)21)28-9(24)4-26-10-5-1-6-7(2-5)12(25)27-11(6)10/h5-7,10-11H,1-4H2,(H,22,23)/p-1. The van der Waals surface area contributed by atoms with Crippen LogP contribution in [0.4, 0.5) is 26.3 Å². The number of rotatable bonds is 6.